The van der Waals surface area contributed by atoms with Crippen LogP contribution < -0.4 is 15.4 Å². The molecule has 2 amide bonds. The highest BCUT2D eigenvalue weighted by atomic mass is 16.6. The molecule has 4 N–H and O–H groups in total. The lowest BCUT2D eigenvalue weighted by molar-refractivity contribution is -0.137. The number of anilines is 1. The number of unbranched alkanes of at least 4 members (excludes halogenated alkanes) is 5. The number of nitrogens with zero attached hydrogens (tertiary/aromatic N) is 4. The second-order valence-corrected chi connectivity index (χ2v) is 16.6. The maximum atomic E-state index is 13.5. The quantitative estimate of drug-likeness (QED) is 0.0424. The minimum Gasteiger partial charge on any atom is -0.494 e. The molecule has 0 bridgehead atoms. The van der Waals surface area contributed by atoms with Crippen LogP contribution in [0.2, 0.25) is 0 Å². The number of carbonyl (C=O) groups excluding carboxylic acids is 2. The maximum Gasteiger partial charge on any atom is 0.410 e. The molecular weight excluding hydrogens is 807 g/mol. The molecule has 0 saturated carbocycles. The Balaban J connectivity index is 1.01. The van der Waals surface area contributed by atoms with Crippen molar-refractivity contribution >= 4 is 23.7 Å². The van der Waals surface area contributed by atoms with Crippen LogP contribution in [-0.2, 0) is 35.8 Å². The zero-order valence-electron chi connectivity index (χ0n) is 37.1. The zero-order chi connectivity index (χ0) is 44.8. The van der Waals surface area contributed by atoms with E-state index in [9.17, 15) is 14.4 Å². The molecule has 1 fully saturated rings. The highest BCUT2D eigenvalue weighted by molar-refractivity contribution is 5.95. The van der Waals surface area contributed by atoms with Gasteiger partial charge in [0, 0.05) is 68.5 Å². The summed E-state index contributed by atoms with van der Waals surface area (Å²) in [4.78, 5) is 46.2. The van der Waals surface area contributed by atoms with Crippen molar-refractivity contribution in [2.75, 3.05) is 64.7 Å². The summed E-state index contributed by atoms with van der Waals surface area (Å²) in [5.74, 6) is 1.05. The average molecular weight is 872 g/mol. The Kier molecular flexibility index (Phi) is 19.6. The number of H-pyrrole nitrogens is 1. The van der Waals surface area contributed by atoms with Gasteiger partial charge in [0.05, 0.1) is 33.0 Å². The number of likely N-dealkylation sites (tertiary alicyclic amines) is 1. The van der Waals surface area contributed by atoms with E-state index in [-0.39, 0.29) is 18.4 Å². The SMILES string of the molecule is CC(C)(C)OC(=O)N1CCC(Nc2cccc(C(=O)NCc3cccc(OCCCCCCOCCOCCOCCCCCC(=O)O)c3)c2)(c2nnc(-c3ccncc3)[nH]2)CC1. The largest absolute Gasteiger partial charge is 0.494 e. The molecule has 3 heterocycles. The van der Waals surface area contributed by atoms with Gasteiger partial charge in [-0.2, -0.15) is 0 Å². The van der Waals surface area contributed by atoms with Crippen LogP contribution in [0.3, 0.4) is 0 Å². The Morgan fingerprint density at radius 3 is 2.11 bits per heavy atom. The second kappa shape index (κ2) is 25.5. The number of carboxylic acid groups (broad SMARTS) is 1. The average Bonchev–Trinajstić information content (AvgIpc) is 3.78. The lowest BCUT2D eigenvalue weighted by atomic mass is 9.86. The lowest BCUT2D eigenvalue weighted by Crippen LogP contribution is -2.50. The summed E-state index contributed by atoms with van der Waals surface area (Å²) in [6, 6.07) is 18.9. The second-order valence-electron chi connectivity index (χ2n) is 16.6. The first-order chi connectivity index (χ1) is 30.5. The summed E-state index contributed by atoms with van der Waals surface area (Å²) in [6.45, 7) is 10.8. The van der Waals surface area contributed by atoms with Crippen molar-refractivity contribution in [2.24, 2.45) is 0 Å². The van der Waals surface area contributed by atoms with Gasteiger partial charge in [0.15, 0.2) is 11.6 Å². The van der Waals surface area contributed by atoms with E-state index < -0.39 is 17.1 Å². The number of pyridine rings is 1. The molecule has 1 saturated heterocycles. The number of aromatic nitrogens is 4. The van der Waals surface area contributed by atoms with Gasteiger partial charge in [-0.3, -0.25) is 14.6 Å². The van der Waals surface area contributed by atoms with Gasteiger partial charge in [-0.1, -0.05) is 31.0 Å². The predicted octanol–water partition coefficient (Wildman–Crippen LogP) is 7.77. The summed E-state index contributed by atoms with van der Waals surface area (Å²) in [5.41, 5.74) is 1.72. The number of ether oxygens (including phenoxy) is 5. The summed E-state index contributed by atoms with van der Waals surface area (Å²) in [7, 11) is 0. The molecule has 16 nitrogen and oxygen atoms in total. The van der Waals surface area contributed by atoms with E-state index in [0.29, 0.717) is 102 Å². The Morgan fingerprint density at radius 2 is 1.43 bits per heavy atom. The molecule has 5 rings (SSSR count). The van der Waals surface area contributed by atoms with E-state index in [1.54, 1.807) is 23.4 Å². The topological polar surface area (TPSA) is 199 Å². The number of nitrogens with one attached hydrogen (secondary N) is 3. The lowest BCUT2D eigenvalue weighted by Gasteiger charge is -2.41. The van der Waals surface area contributed by atoms with Crippen LogP contribution in [0.1, 0.15) is 107 Å². The highest BCUT2D eigenvalue weighted by Crippen LogP contribution is 2.36. The Hall–Kier alpha value is -5.58. The normalized spacial score (nSPS) is 13.7. The van der Waals surface area contributed by atoms with Gasteiger partial charge in [0.25, 0.3) is 5.91 Å². The number of amides is 2. The van der Waals surface area contributed by atoms with E-state index in [0.717, 1.165) is 61.1 Å². The number of aliphatic carboxylic acids is 1. The third-order valence-electron chi connectivity index (χ3n) is 10.4. The molecule has 1 aliphatic heterocycles. The number of carbonyl (C=O) groups is 3. The van der Waals surface area contributed by atoms with Crippen molar-refractivity contribution in [3.63, 3.8) is 0 Å². The van der Waals surface area contributed by atoms with Crippen LogP contribution in [0.4, 0.5) is 10.5 Å². The smallest absolute Gasteiger partial charge is 0.410 e. The number of hydrogen-bond donors (Lipinski definition) is 4. The number of benzene rings is 2. The molecule has 0 radical (unpaired) electrons. The van der Waals surface area contributed by atoms with Crippen LogP contribution in [-0.4, -0.2) is 113 Å². The minimum absolute atomic E-state index is 0.209. The Bertz CT molecular complexity index is 1980. The van der Waals surface area contributed by atoms with Gasteiger partial charge in [-0.15, -0.1) is 10.2 Å². The third-order valence-corrected chi connectivity index (χ3v) is 10.4. The molecule has 2 aromatic heterocycles. The third kappa shape index (κ3) is 17.2. The predicted molar refractivity (Wildman–Crippen MR) is 239 cm³/mol. The fourth-order valence-electron chi connectivity index (χ4n) is 7.03. The summed E-state index contributed by atoms with van der Waals surface area (Å²) in [5, 5.41) is 24.4. The number of carboxylic acids is 1. The molecule has 0 spiro atoms. The monoisotopic (exact) mass is 871 g/mol. The molecule has 2 aromatic carbocycles. The first-order valence-electron chi connectivity index (χ1n) is 22.1. The van der Waals surface area contributed by atoms with Gasteiger partial charge in [0.2, 0.25) is 0 Å². The van der Waals surface area contributed by atoms with Crippen LogP contribution in [0.15, 0.2) is 73.1 Å². The van der Waals surface area contributed by atoms with Crippen molar-refractivity contribution in [2.45, 2.75) is 103 Å². The van der Waals surface area contributed by atoms with Crippen molar-refractivity contribution < 1.29 is 43.2 Å². The summed E-state index contributed by atoms with van der Waals surface area (Å²) >= 11 is 0. The standard InChI is InChI=1S/C47H65N7O9/c1-46(2,3)63-45(58)54-24-20-47(21-25-54,44-50-42(52-53-44)37-18-22-48-23-19-37)51-39-15-12-14-38(34-39)43(57)49-35-36-13-11-16-40(33-36)62-28-10-5-4-8-26-59-29-31-61-32-30-60-27-9-6-7-17-41(55)56/h11-16,18-19,22-23,33-34,51H,4-10,17,20-21,24-32,35H2,1-3H3,(H,49,57)(H,55,56)(H,50,52,53). The summed E-state index contributed by atoms with van der Waals surface area (Å²) < 4.78 is 28.4. The first-order valence-corrected chi connectivity index (χ1v) is 22.1. The van der Waals surface area contributed by atoms with Crippen LogP contribution in [0, 0.1) is 0 Å². The van der Waals surface area contributed by atoms with Crippen molar-refractivity contribution in [3.8, 4) is 17.1 Å². The summed E-state index contributed by atoms with van der Waals surface area (Å²) in [6.07, 6.45) is 10.7. The minimum atomic E-state index is -0.752. The molecule has 0 atom stereocenters. The molecular formula is C47H65N7O9. The van der Waals surface area contributed by atoms with Crippen molar-refractivity contribution in [3.05, 3.63) is 90.0 Å². The molecule has 0 unspecified atom stereocenters. The van der Waals surface area contributed by atoms with E-state index >= 15 is 0 Å². The number of piperidine rings is 1. The maximum absolute atomic E-state index is 13.5. The van der Waals surface area contributed by atoms with Crippen LogP contribution >= 0.6 is 0 Å². The van der Waals surface area contributed by atoms with E-state index in [2.05, 4.69) is 30.8 Å². The molecule has 4 aromatic rings. The van der Waals surface area contributed by atoms with Gasteiger partial charge >= 0.3 is 12.1 Å². The Morgan fingerprint density at radius 1 is 0.778 bits per heavy atom. The number of hydrogen-bond acceptors (Lipinski definition) is 12. The molecule has 342 valence electrons. The van der Waals surface area contributed by atoms with Gasteiger partial charge in [-0.25, -0.2) is 4.79 Å². The first kappa shape index (κ1) is 48.5. The van der Waals surface area contributed by atoms with E-state index in [4.69, 9.17) is 28.8 Å². The van der Waals surface area contributed by atoms with E-state index in [1.165, 1.54) is 0 Å². The fraction of sp³-hybridized carbons (Fsp3) is 0.532. The number of rotatable bonds is 27. The van der Waals surface area contributed by atoms with Crippen LogP contribution in [0.5, 0.6) is 5.75 Å². The number of aromatic amines is 1. The van der Waals surface area contributed by atoms with Gasteiger partial charge < -0.3 is 49.3 Å². The zero-order valence-corrected chi connectivity index (χ0v) is 37.1. The van der Waals surface area contributed by atoms with Crippen molar-refractivity contribution in [1.82, 2.24) is 30.4 Å². The fourth-order valence-corrected chi connectivity index (χ4v) is 7.03. The van der Waals surface area contributed by atoms with Crippen LogP contribution in [0.25, 0.3) is 11.4 Å². The molecule has 16 heteroatoms. The van der Waals surface area contributed by atoms with E-state index in [1.807, 2.05) is 75.4 Å². The highest BCUT2D eigenvalue weighted by Gasteiger charge is 2.41. The van der Waals surface area contributed by atoms with Gasteiger partial charge in [-0.05, 0) is 114 Å². The Labute approximate surface area is 370 Å². The molecule has 1 aliphatic rings. The molecule has 63 heavy (non-hydrogen) atoms. The van der Waals surface area contributed by atoms with Gasteiger partial charge in [0.1, 0.15) is 16.9 Å². The van der Waals surface area contributed by atoms with Crippen molar-refractivity contribution in [1.29, 1.82) is 0 Å². The molecule has 0 aliphatic carbocycles.